The maximum absolute atomic E-state index is 13.0. The molecule has 1 saturated carbocycles. The fraction of sp³-hybridized carbons (Fsp3) is 0.683. The smallest absolute Gasteiger partial charge is 0.243 e. The van der Waals surface area contributed by atoms with E-state index in [-0.39, 0.29) is 41.9 Å². The molecule has 300 valence electrons. The summed E-state index contributed by atoms with van der Waals surface area (Å²) in [6.45, 7) is 19.1. The predicted octanol–water partition coefficient (Wildman–Crippen LogP) is 5.40. The molecule has 1 aliphatic heterocycles. The molecule has 0 bridgehead atoms. The molecule has 12 nitrogen and oxygen atoms in total. The first-order valence-electron chi connectivity index (χ1n) is 19.9. The van der Waals surface area contributed by atoms with Crippen LogP contribution < -0.4 is 27.0 Å². The molecule has 0 radical (unpaired) electrons. The van der Waals surface area contributed by atoms with E-state index in [9.17, 15) is 29.1 Å². The second-order valence-corrected chi connectivity index (χ2v) is 14.3. The number of carbonyl (C=O) groups is 5. The number of nitrogens with two attached hydrogens (primary N) is 1. The highest BCUT2D eigenvalue weighted by Crippen LogP contribution is 2.41. The molecule has 2 fully saturated rings. The molecule has 0 aromatic heterocycles. The lowest BCUT2D eigenvalue weighted by Gasteiger charge is -2.38. The summed E-state index contributed by atoms with van der Waals surface area (Å²) in [5.74, 6) is 0.109. The number of carbonyl (C=O) groups excluding carboxylic acids is 5. The number of hydrogen-bond acceptors (Lipinski definition) is 8. The molecule has 3 unspecified atom stereocenters. The molecule has 3 rings (SSSR count). The quantitative estimate of drug-likeness (QED) is 0.0715. The molecule has 4 amide bonds. The van der Waals surface area contributed by atoms with E-state index in [1.54, 1.807) is 4.90 Å². The van der Waals surface area contributed by atoms with E-state index in [4.69, 9.17) is 5.73 Å². The van der Waals surface area contributed by atoms with Crippen LogP contribution in [-0.4, -0.2) is 71.8 Å². The van der Waals surface area contributed by atoms with Crippen LogP contribution in [0, 0.1) is 23.2 Å². The third-order valence-corrected chi connectivity index (χ3v) is 9.93. The number of amides is 4. The van der Waals surface area contributed by atoms with Crippen molar-refractivity contribution in [2.24, 2.45) is 28.9 Å². The van der Waals surface area contributed by atoms with Crippen molar-refractivity contribution in [3.63, 3.8) is 0 Å². The van der Waals surface area contributed by atoms with E-state index in [2.05, 4.69) is 41.7 Å². The van der Waals surface area contributed by atoms with Crippen molar-refractivity contribution < 1.29 is 29.1 Å². The van der Waals surface area contributed by atoms with Crippen LogP contribution in [0.5, 0.6) is 0 Å². The lowest BCUT2D eigenvalue weighted by atomic mass is 9.67. The highest BCUT2D eigenvalue weighted by atomic mass is 16.3. The Kier molecular flexibility index (Phi) is 22.3. The largest absolute Gasteiger partial charge is 0.386 e. The summed E-state index contributed by atoms with van der Waals surface area (Å²) in [5.41, 5.74) is 5.75. The Bertz CT molecular complexity index is 1300. The first-order valence-corrected chi connectivity index (χ1v) is 19.9. The van der Waals surface area contributed by atoms with Crippen LogP contribution in [0.1, 0.15) is 125 Å². The standard InChI is InChI=1S/C34H52N4O6.C5H12N2.C2H6/c1-5-24(20-27(39)6-2)19-25-11-13-26(14-12-25)37-29(40)22-36-33(44)34(15-10-16-34)32(43)35-17-8-7-9-18-38-30(41)21-28(23(3)4)31(38)42;1-3-4-7-5(2)6;1-2/h11-14,23-24,28,30,41H,5-10,15-22H2,1-4H3,(H,35,43)(H,36,44)(H,37,40);7H,2-4,6H2,1H3;1-2H3. The minimum atomic E-state index is -1.14. The van der Waals surface area contributed by atoms with Crippen LogP contribution in [0.25, 0.3) is 0 Å². The number of likely N-dealkylation sites (tertiary alicyclic amines) is 1. The summed E-state index contributed by atoms with van der Waals surface area (Å²) in [7, 11) is 0. The lowest BCUT2D eigenvalue weighted by Crippen LogP contribution is -2.56. The molecule has 53 heavy (non-hydrogen) atoms. The van der Waals surface area contributed by atoms with Gasteiger partial charge in [0.25, 0.3) is 0 Å². The van der Waals surface area contributed by atoms with Gasteiger partial charge in [-0.15, -0.1) is 0 Å². The highest BCUT2D eigenvalue weighted by molar-refractivity contribution is 6.07. The van der Waals surface area contributed by atoms with Crippen LogP contribution in [0.3, 0.4) is 0 Å². The Morgan fingerprint density at radius 2 is 1.60 bits per heavy atom. The van der Waals surface area contributed by atoms with Gasteiger partial charge in [-0.25, -0.2) is 0 Å². The van der Waals surface area contributed by atoms with Crippen molar-refractivity contribution in [3.8, 4) is 0 Å². The summed E-state index contributed by atoms with van der Waals surface area (Å²) in [6.07, 6.45) is 7.60. The third kappa shape index (κ3) is 15.9. The maximum atomic E-state index is 13.0. The van der Waals surface area contributed by atoms with Crippen molar-refractivity contribution >= 4 is 35.1 Å². The fourth-order valence-electron chi connectivity index (χ4n) is 6.38. The average molecular weight is 743 g/mol. The highest BCUT2D eigenvalue weighted by Gasteiger charge is 2.50. The van der Waals surface area contributed by atoms with E-state index in [1.165, 1.54) is 0 Å². The zero-order valence-corrected chi connectivity index (χ0v) is 33.7. The van der Waals surface area contributed by atoms with E-state index in [0.29, 0.717) is 69.0 Å². The number of nitrogens with zero attached hydrogens (tertiary/aromatic N) is 1. The molecule has 0 spiro atoms. The van der Waals surface area contributed by atoms with Crippen LogP contribution in [-0.2, 0) is 30.4 Å². The van der Waals surface area contributed by atoms with Crippen molar-refractivity contribution in [2.75, 3.05) is 31.5 Å². The van der Waals surface area contributed by atoms with Gasteiger partial charge in [0.2, 0.25) is 23.6 Å². The summed E-state index contributed by atoms with van der Waals surface area (Å²) in [6, 6.07) is 7.52. The van der Waals surface area contributed by atoms with Crippen LogP contribution >= 0.6 is 0 Å². The van der Waals surface area contributed by atoms with E-state index in [0.717, 1.165) is 50.6 Å². The predicted molar refractivity (Wildman–Crippen MR) is 212 cm³/mol. The Morgan fingerprint density at radius 3 is 2.09 bits per heavy atom. The zero-order chi connectivity index (χ0) is 40.0. The molecule has 1 aliphatic carbocycles. The first kappa shape index (κ1) is 47.1. The Balaban J connectivity index is 0.00000139. The minimum Gasteiger partial charge on any atom is -0.386 e. The van der Waals surface area contributed by atoms with Crippen molar-refractivity contribution in [3.05, 3.63) is 42.2 Å². The molecular formula is C41H70N6O6. The fourth-order valence-corrected chi connectivity index (χ4v) is 6.38. The number of nitrogens with one attached hydrogen (secondary N) is 4. The van der Waals surface area contributed by atoms with Gasteiger partial charge < -0.3 is 37.0 Å². The monoisotopic (exact) mass is 743 g/mol. The van der Waals surface area contributed by atoms with Gasteiger partial charge in [0.1, 0.15) is 17.4 Å². The summed E-state index contributed by atoms with van der Waals surface area (Å²) in [4.78, 5) is 64.4. The van der Waals surface area contributed by atoms with Gasteiger partial charge in [-0.05, 0) is 74.5 Å². The number of Topliss-reactive ketones (excluding diaryl/α,β-unsaturated/α-hetero) is 1. The van der Waals surface area contributed by atoms with Crippen LogP contribution in [0.2, 0.25) is 0 Å². The normalized spacial score (nSPS) is 17.6. The van der Waals surface area contributed by atoms with Gasteiger partial charge in [-0.3, -0.25) is 24.0 Å². The van der Waals surface area contributed by atoms with E-state index in [1.807, 2.05) is 58.9 Å². The van der Waals surface area contributed by atoms with Gasteiger partial charge in [0.05, 0.1) is 12.4 Å². The number of rotatable bonds is 21. The van der Waals surface area contributed by atoms with Gasteiger partial charge in [0.15, 0.2) is 0 Å². The molecule has 7 N–H and O–H groups in total. The topological polar surface area (TPSA) is 183 Å². The van der Waals surface area contributed by atoms with Gasteiger partial charge in [0, 0.05) is 50.5 Å². The van der Waals surface area contributed by atoms with Gasteiger partial charge >= 0.3 is 0 Å². The Hall–Kier alpha value is -3.93. The Morgan fingerprint density at radius 1 is 0.962 bits per heavy atom. The molecule has 1 saturated heterocycles. The summed E-state index contributed by atoms with van der Waals surface area (Å²) >= 11 is 0. The maximum Gasteiger partial charge on any atom is 0.243 e. The minimum absolute atomic E-state index is 0.0169. The van der Waals surface area contributed by atoms with Crippen LogP contribution in [0.4, 0.5) is 5.69 Å². The molecule has 1 aromatic rings. The SMILES string of the molecule is C=C(N)NCCC.CC.CCC(=O)CC(CC)Cc1ccc(NC(=O)CNC(=O)C2(C(=O)NCCCCCN3C(=O)C(C(C)C)CC3O)CCC2)cc1. The van der Waals surface area contributed by atoms with E-state index >= 15 is 0 Å². The average Bonchev–Trinajstić information content (AvgIpc) is 3.41. The number of aliphatic hydroxyl groups excluding tert-OH is 1. The second-order valence-electron chi connectivity index (χ2n) is 14.3. The van der Waals surface area contributed by atoms with E-state index < -0.39 is 17.6 Å². The second kappa shape index (κ2) is 25.2. The number of aliphatic hydroxyl groups is 1. The van der Waals surface area contributed by atoms with Crippen molar-refractivity contribution in [2.45, 2.75) is 132 Å². The molecular weight excluding hydrogens is 672 g/mol. The number of hydrogen-bond donors (Lipinski definition) is 6. The number of ketones is 1. The first-order chi connectivity index (χ1) is 25.3. The molecule has 2 aliphatic rings. The molecule has 1 aromatic carbocycles. The van der Waals surface area contributed by atoms with Gasteiger partial charge in [-0.1, -0.05) is 80.0 Å². The molecule has 3 atom stereocenters. The molecule has 1 heterocycles. The number of unbranched alkanes of at least 4 members (excludes halogenated alkanes) is 2. The van der Waals surface area contributed by atoms with Crippen molar-refractivity contribution in [1.29, 1.82) is 0 Å². The summed E-state index contributed by atoms with van der Waals surface area (Å²) < 4.78 is 0. The third-order valence-electron chi connectivity index (χ3n) is 9.93. The number of benzene rings is 1. The van der Waals surface area contributed by atoms with Gasteiger partial charge in [-0.2, -0.15) is 0 Å². The zero-order valence-electron chi connectivity index (χ0n) is 33.7. The lowest BCUT2D eigenvalue weighted by molar-refractivity contribution is -0.150. The molecule has 12 heteroatoms. The van der Waals surface area contributed by atoms with Crippen molar-refractivity contribution in [1.82, 2.24) is 20.9 Å². The Labute approximate surface area is 318 Å². The number of anilines is 1. The van der Waals surface area contributed by atoms with Crippen LogP contribution in [0.15, 0.2) is 36.7 Å². The summed E-state index contributed by atoms with van der Waals surface area (Å²) in [5, 5.41) is 21.4.